The molecule has 0 saturated heterocycles. The summed E-state index contributed by atoms with van der Waals surface area (Å²) in [4.78, 5) is 15.2. The molecule has 0 spiro atoms. The van der Waals surface area contributed by atoms with Gasteiger partial charge in [0.25, 0.3) is 0 Å². The molecule has 3 nitrogen and oxygen atoms in total. The molecular formula is C15H15BrClFN2OS. The van der Waals surface area contributed by atoms with Crippen molar-refractivity contribution in [3.63, 3.8) is 0 Å². The average molecular weight is 406 g/mol. The second-order valence-corrected chi connectivity index (χ2v) is 7.67. The summed E-state index contributed by atoms with van der Waals surface area (Å²) in [6.45, 7) is 3.60. The van der Waals surface area contributed by atoms with Crippen LogP contribution in [-0.4, -0.2) is 23.9 Å². The van der Waals surface area contributed by atoms with Crippen LogP contribution in [0, 0.1) is 5.82 Å². The van der Waals surface area contributed by atoms with E-state index in [0.717, 1.165) is 10.3 Å². The van der Waals surface area contributed by atoms with E-state index in [2.05, 4.69) is 21.2 Å². The molecule has 1 aromatic carbocycles. The van der Waals surface area contributed by atoms with Gasteiger partial charge in [-0.2, -0.15) is 0 Å². The van der Waals surface area contributed by atoms with E-state index in [0.29, 0.717) is 11.6 Å². The Kier molecular flexibility index (Phi) is 6.37. The van der Waals surface area contributed by atoms with Gasteiger partial charge in [-0.25, -0.2) is 4.39 Å². The number of halogens is 3. The highest BCUT2D eigenvalue weighted by atomic mass is 79.9. The number of rotatable bonds is 6. The van der Waals surface area contributed by atoms with Crippen LogP contribution in [0.1, 0.15) is 11.8 Å². The summed E-state index contributed by atoms with van der Waals surface area (Å²) in [7, 11) is 0. The second-order valence-electron chi connectivity index (χ2n) is 4.68. The average Bonchev–Trinajstić information content (AvgIpc) is 2.86. The van der Waals surface area contributed by atoms with E-state index >= 15 is 0 Å². The number of anilines is 1. The first-order valence-electron chi connectivity index (χ1n) is 6.69. The molecule has 0 bridgehead atoms. The number of hydrogen-bond donors (Lipinski definition) is 1. The number of nitrogens with zero attached hydrogens (tertiary/aromatic N) is 1. The van der Waals surface area contributed by atoms with Gasteiger partial charge in [-0.1, -0.05) is 18.5 Å². The molecule has 1 aromatic heterocycles. The van der Waals surface area contributed by atoms with Crippen LogP contribution >= 0.6 is 38.9 Å². The summed E-state index contributed by atoms with van der Waals surface area (Å²) in [6, 6.07) is 8.19. The summed E-state index contributed by atoms with van der Waals surface area (Å²) in [5.74, 6) is -0.787. The van der Waals surface area contributed by atoms with E-state index < -0.39 is 5.82 Å². The van der Waals surface area contributed by atoms with Crippen LogP contribution in [0.3, 0.4) is 0 Å². The first kappa shape index (κ1) is 17.4. The fourth-order valence-corrected chi connectivity index (χ4v) is 3.60. The van der Waals surface area contributed by atoms with Crippen molar-refractivity contribution in [2.24, 2.45) is 0 Å². The van der Waals surface area contributed by atoms with Gasteiger partial charge >= 0.3 is 0 Å². The normalized spacial score (nSPS) is 11.0. The minimum atomic E-state index is -0.536. The lowest BCUT2D eigenvalue weighted by atomic mass is 10.3. The van der Waals surface area contributed by atoms with E-state index in [1.165, 1.54) is 17.0 Å². The van der Waals surface area contributed by atoms with Crippen molar-refractivity contribution in [3.8, 4) is 0 Å². The maximum absolute atomic E-state index is 13.7. The highest BCUT2D eigenvalue weighted by Gasteiger charge is 2.13. The van der Waals surface area contributed by atoms with Gasteiger partial charge in [0.15, 0.2) is 0 Å². The Balaban J connectivity index is 1.94. The zero-order chi connectivity index (χ0) is 16.1. The number of hydrogen-bond acceptors (Lipinski definition) is 3. The summed E-state index contributed by atoms with van der Waals surface area (Å²) in [5.41, 5.74) is 0.143. The maximum atomic E-state index is 13.7. The van der Waals surface area contributed by atoms with Crippen LogP contribution in [0.4, 0.5) is 10.1 Å². The standard InChI is InChI=1S/C15H15BrClFN2OS/c1-2-20(8-11-4-6-14(16)22-11)9-15(21)19-13-5-3-10(17)7-12(13)18/h3-7H,2,8-9H2,1H3,(H,19,21). The second kappa shape index (κ2) is 8.06. The highest BCUT2D eigenvalue weighted by Crippen LogP contribution is 2.23. The zero-order valence-corrected chi connectivity index (χ0v) is 15.1. The molecule has 0 aliphatic carbocycles. The molecule has 0 saturated carbocycles. The van der Waals surface area contributed by atoms with Crippen molar-refractivity contribution in [2.45, 2.75) is 13.5 Å². The monoisotopic (exact) mass is 404 g/mol. The van der Waals surface area contributed by atoms with Crippen LogP contribution < -0.4 is 5.32 Å². The van der Waals surface area contributed by atoms with E-state index in [4.69, 9.17) is 11.6 Å². The van der Waals surface area contributed by atoms with Crippen molar-refractivity contribution in [1.82, 2.24) is 4.90 Å². The van der Waals surface area contributed by atoms with E-state index in [-0.39, 0.29) is 18.1 Å². The summed E-state index contributed by atoms with van der Waals surface area (Å²) in [6.07, 6.45) is 0. The van der Waals surface area contributed by atoms with Crippen molar-refractivity contribution in [3.05, 3.63) is 49.8 Å². The lowest BCUT2D eigenvalue weighted by molar-refractivity contribution is -0.117. The Morgan fingerprint density at radius 3 is 2.77 bits per heavy atom. The molecule has 2 rings (SSSR count). The van der Waals surface area contributed by atoms with Crippen LogP contribution in [0.15, 0.2) is 34.1 Å². The molecule has 0 unspecified atom stereocenters. The third-order valence-corrected chi connectivity index (χ3v) is 4.87. The molecule has 0 atom stereocenters. The Morgan fingerprint density at radius 2 is 2.18 bits per heavy atom. The Bertz CT molecular complexity index is 665. The lowest BCUT2D eigenvalue weighted by Gasteiger charge is -2.19. The number of carbonyl (C=O) groups is 1. The Hall–Kier alpha value is -0.950. The Labute approximate surface area is 146 Å². The molecule has 0 aliphatic rings. The maximum Gasteiger partial charge on any atom is 0.238 e. The molecule has 1 amide bonds. The predicted octanol–water partition coefficient (Wildman–Crippen LogP) is 4.76. The molecule has 7 heteroatoms. The first-order valence-corrected chi connectivity index (χ1v) is 8.68. The number of thiophene rings is 1. The van der Waals surface area contributed by atoms with Gasteiger partial charge in [0.05, 0.1) is 16.0 Å². The molecule has 0 radical (unpaired) electrons. The highest BCUT2D eigenvalue weighted by molar-refractivity contribution is 9.11. The minimum absolute atomic E-state index is 0.143. The lowest BCUT2D eigenvalue weighted by Crippen LogP contribution is -2.32. The molecule has 2 aromatic rings. The van der Waals surface area contributed by atoms with E-state index in [9.17, 15) is 9.18 Å². The van der Waals surface area contributed by atoms with Crippen LogP contribution in [-0.2, 0) is 11.3 Å². The van der Waals surface area contributed by atoms with E-state index in [1.54, 1.807) is 17.4 Å². The van der Waals surface area contributed by atoms with Crippen molar-refractivity contribution in [1.29, 1.82) is 0 Å². The molecule has 1 heterocycles. The van der Waals surface area contributed by atoms with Crippen molar-refractivity contribution < 1.29 is 9.18 Å². The van der Waals surface area contributed by atoms with Gasteiger partial charge < -0.3 is 5.32 Å². The fraction of sp³-hybridized carbons (Fsp3) is 0.267. The largest absolute Gasteiger partial charge is 0.322 e. The number of nitrogens with one attached hydrogen (secondary N) is 1. The van der Waals surface area contributed by atoms with Gasteiger partial charge in [-0.15, -0.1) is 11.3 Å². The smallest absolute Gasteiger partial charge is 0.238 e. The SMILES string of the molecule is CCN(CC(=O)Nc1ccc(Cl)cc1F)Cc1ccc(Br)s1. The number of likely N-dealkylation sites (N-methyl/N-ethyl adjacent to an activating group) is 1. The Morgan fingerprint density at radius 1 is 1.41 bits per heavy atom. The van der Waals surface area contributed by atoms with Crippen LogP contribution in [0.25, 0.3) is 0 Å². The van der Waals surface area contributed by atoms with Crippen molar-refractivity contribution in [2.75, 3.05) is 18.4 Å². The zero-order valence-electron chi connectivity index (χ0n) is 11.9. The molecule has 22 heavy (non-hydrogen) atoms. The molecular weight excluding hydrogens is 391 g/mol. The number of benzene rings is 1. The van der Waals surface area contributed by atoms with Crippen LogP contribution in [0.2, 0.25) is 5.02 Å². The third kappa shape index (κ3) is 5.05. The number of amides is 1. The minimum Gasteiger partial charge on any atom is -0.322 e. The van der Waals surface area contributed by atoms with Crippen LogP contribution in [0.5, 0.6) is 0 Å². The summed E-state index contributed by atoms with van der Waals surface area (Å²) < 4.78 is 14.7. The van der Waals surface area contributed by atoms with Gasteiger partial charge in [0, 0.05) is 16.4 Å². The summed E-state index contributed by atoms with van der Waals surface area (Å²) >= 11 is 10.7. The fourth-order valence-electron chi connectivity index (χ4n) is 1.92. The van der Waals surface area contributed by atoms with E-state index in [1.807, 2.05) is 24.0 Å². The van der Waals surface area contributed by atoms with Gasteiger partial charge in [0.1, 0.15) is 5.82 Å². The topological polar surface area (TPSA) is 32.3 Å². The molecule has 1 N–H and O–H groups in total. The molecule has 0 fully saturated rings. The predicted molar refractivity (Wildman–Crippen MR) is 93.0 cm³/mol. The van der Waals surface area contributed by atoms with Gasteiger partial charge in [-0.05, 0) is 52.8 Å². The molecule has 0 aliphatic heterocycles. The van der Waals surface area contributed by atoms with Gasteiger partial charge in [-0.3, -0.25) is 9.69 Å². The van der Waals surface area contributed by atoms with Gasteiger partial charge in [0.2, 0.25) is 5.91 Å². The first-order chi connectivity index (χ1) is 10.5. The quantitative estimate of drug-likeness (QED) is 0.751. The summed E-state index contributed by atoms with van der Waals surface area (Å²) in [5, 5.41) is 2.87. The van der Waals surface area contributed by atoms with Crippen molar-refractivity contribution >= 4 is 50.5 Å². The molecule has 118 valence electrons. The number of carbonyl (C=O) groups excluding carboxylic acids is 1. The third-order valence-electron chi connectivity index (χ3n) is 3.03.